The molecule has 2 aromatic heterocycles. The Labute approximate surface area is 338 Å². The van der Waals surface area contributed by atoms with Crippen LogP contribution in [0.1, 0.15) is 153 Å². The van der Waals surface area contributed by atoms with E-state index in [1.54, 1.807) is 6.33 Å². The molecule has 6 rings (SSSR count). The summed E-state index contributed by atoms with van der Waals surface area (Å²) in [4.78, 5) is 22.9. The molecule has 0 saturated heterocycles. The van der Waals surface area contributed by atoms with Crippen LogP contribution < -0.4 is 0 Å². The second-order valence-corrected chi connectivity index (χ2v) is 17.6. The first-order valence-electron chi connectivity index (χ1n) is 20.1. The van der Waals surface area contributed by atoms with E-state index in [1.165, 1.54) is 91.0 Å². The molecule has 0 atom stereocenters. The molecular formula is C47H63IrN2O2S-. The first-order valence-corrected chi connectivity index (χ1v) is 20.9. The van der Waals surface area contributed by atoms with E-state index in [4.69, 9.17) is 0 Å². The van der Waals surface area contributed by atoms with Gasteiger partial charge in [0, 0.05) is 52.3 Å². The molecule has 2 saturated carbocycles. The minimum atomic E-state index is -0.337. The number of hydrogen-bond donors (Lipinski definition) is 1. The number of aromatic nitrogens is 2. The zero-order chi connectivity index (χ0) is 37.7. The van der Waals surface area contributed by atoms with Crippen LogP contribution in [0.4, 0.5) is 0 Å². The summed E-state index contributed by atoms with van der Waals surface area (Å²) in [6, 6.07) is 17.3. The first-order chi connectivity index (χ1) is 24.8. The van der Waals surface area contributed by atoms with Crippen molar-refractivity contribution in [2.45, 2.75) is 152 Å². The maximum absolute atomic E-state index is 12.2. The molecule has 0 unspecified atom stereocenters. The summed E-state index contributed by atoms with van der Waals surface area (Å²) < 4.78 is 1.16. The Morgan fingerprint density at radius 1 is 0.887 bits per heavy atom. The minimum Gasteiger partial charge on any atom is -0.512 e. The van der Waals surface area contributed by atoms with Gasteiger partial charge in [0.05, 0.1) is 5.52 Å². The van der Waals surface area contributed by atoms with Crippen molar-refractivity contribution in [3.05, 3.63) is 82.9 Å². The summed E-state index contributed by atoms with van der Waals surface area (Å²) in [6.07, 6.45) is 19.4. The monoisotopic (exact) mass is 912 g/mol. The minimum absolute atomic E-state index is 0. The molecule has 1 N–H and O–H groups in total. The van der Waals surface area contributed by atoms with E-state index >= 15 is 0 Å². The standard InChI is InChI=1S/C32H35N2S.C15H28O2.Ir/c1-21-17-22(2)19-27(18-21)29-31-28(33-20-34-29)23(3)30(35-31)26-9-7-24(8-10-26)25-11-15-32(16-12-25)13-5-4-6-14-32;1-7-14(5,8-2)12(16)11-13(17)15(6,9-3)10-4;/h7-10,17-18,20,25H,4-6,11-16H2,1-3H3;11,16H,7-10H2,1-6H3;/q-1;;/b;12-11-;. The predicted octanol–water partition coefficient (Wildman–Crippen LogP) is 14.0. The molecule has 0 amide bonds. The van der Waals surface area contributed by atoms with Gasteiger partial charge in [-0.05, 0) is 99.2 Å². The van der Waals surface area contributed by atoms with Crippen LogP contribution >= 0.6 is 11.3 Å². The van der Waals surface area contributed by atoms with E-state index in [0.717, 1.165) is 58.6 Å². The van der Waals surface area contributed by atoms with E-state index in [2.05, 4.69) is 73.2 Å². The molecule has 0 bridgehead atoms. The van der Waals surface area contributed by atoms with E-state index in [0.29, 0.717) is 5.41 Å². The van der Waals surface area contributed by atoms with Crippen LogP contribution in [0.25, 0.3) is 31.9 Å². The van der Waals surface area contributed by atoms with Crippen molar-refractivity contribution >= 4 is 27.3 Å². The van der Waals surface area contributed by atoms with Crippen molar-refractivity contribution in [3.63, 3.8) is 0 Å². The SMILES string of the molecule is CCC(C)(CC)C(=O)/C=C(\O)C(C)(CC)CC.Cc1[c-]c(-c2ncnc3c(C)c(-c4ccc(C5CCC6(CCCCC6)CC5)cc4)sc23)cc(C)c1.[Ir]. The van der Waals surface area contributed by atoms with E-state index in [-0.39, 0.29) is 42.5 Å². The van der Waals surface area contributed by atoms with Crippen LogP contribution in [0.3, 0.4) is 0 Å². The summed E-state index contributed by atoms with van der Waals surface area (Å²) in [5, 5.41) is 10.1. The molecule has 0 aliphatic heterocycles. The Bertz CT molecular complexity index is 1830. The molecule has 53 heavy (non-hydrogen) atoms. The van der Waals surface area contributed by atoms with Crippen molar-refractivity contribution in [1.29, 1.82) is 0 Å². The second-order valence-electron chi connectivity index (χ2n) is 16.6. The van der Waals surface area contributed by atoms with Gasteiger partial charge in [-0.15, -0.1) is 46.2 Å². The molecule has 2 fully saturated rings. The van der Waals surface area contributed by atoms with Gasteiger partial charge in [0.15, 0.2) is 5.78 Å². The fraction of sp³-hybridized carbons (Fsp3) is 0.553. The third-order valence-corrected chi connectivity index (χ3v) is 14.7. The van der Waals surface area contributed by atoms with E-state index in [1.807, 2.05) is 52.9 Å². The summed E-state index contributed by atoms with van der Waals surface area (Å²) >= 11 is 1.82. The number of fused-ring (bicyclic) bond motifs is 1. The van der Waals surface area contributed by atoms with Crippen LogP contribution in [-0.2, 0) is 24.9 Å². The number of rotatable bonds is 10. The molecule has 1 spiro atoms. The van der Waals surface area contributed by atoms with E-state index in [9.17, 15) is 9.90 Å². The molecule has 1 radical (unpaired) electrons. The van der Waals surface area contributed by atoms with Gasteiger partial charge in [0.25, 0.3) is 0 Å². The Morgan fingerprint density at radius 3 is 2.06 bits per heavy atom. The molecule has 4 nitrogen and oxygen atoms in total. The number of carbonyl (C=O) groups is 1. The van der Waals surface area contributed by atoms with Crippen molar-refractivity contribution in [1.82, 2.24) is 9.97 Å². The summed E-state index contributed by atoms with van der Waals surface area (Å²) in [5.41, 5.74) is 9.68. The fourth-order valence-corrected chi connectivity index (χ4v) is 9.74. The van der Waals surface area contributed by atoms with Gasteiger partial charge in [0.2, 0.25) is 0 Å². The van der Waals surface area contributed by atoms with Gasteiger partial charge in [-0.25, -0.2) is 4.98 Å². The third-order valence-electron chi connectivity index (χ3n) is 13.3. The number of allylic oxidation sites excluding steroid dienone is 2. The predicted molar refractivity (Wildman–Crippen MR) is 221 cm³/mol. The number of carbonyl (C=O) groups excluding carboxylic acids is 1. The van der Waals surface area contributed by atoms with Crippen LogP contribution in [0.15, 0.2) is 54.6 Å². The number of aliphatic hydroxyl groups is 1. The molecule has 2 aliphatic carbocycles. The third kappa shape index (κ3) is 9.60. The number of thiophene rings is 1. The van der Waals surface area contributed by atoms with Crippen LogP contribution in [-0.4, -0.2) is 20.9 Å². The number of ketones is 1. The quantitative estimate of drug-likeness (QED) is 0.0978. The fourth-order valence-electron chi connectivity index (χ4n) is 8.47. The number of benzene rings is 2. The molecule has 2 heterocycles. The summed E-state index contributed by atoms with van der Waals surface area (Å²) in [5.74, 6) is 1.02. The maximum atomic E-state index is 12.2. The summed E-state index contributed by atoms with van der Waals surface area (Å²) in [7, 11) is 0. The molecule has 2 aromatic carbocycles. The molecular weight excluding hydrogens is 849 g/mol. The smallest absolute Gasteiger partial charge is 0.164 e. The molecule has 4 aromatic rings. The number of aliphatic hydroxyl groups excluding tert-OH is 1. The van der Waals surface area contributed by atoms with Gasteiger partial charge in [0.1, 0.15) is 12.1 Å². The van der Waals surface area contributed by atoms with Crippen molar-refractivity contribution < 1.29 is 30.0 Å². The molecule has 6 heteroatoms. The topological polar surface area (TPSA) is 63.1 Å². The zero-order valence-corrected chi connectivity index (χ0v) is 37.1. The summed E-state index contributed by atoms with van der Waals surface area (Å²) in [6.45, 7) is 18.5. The first kappa shape index (κ1) is 43.1. The van der Waals surface area contributed by atoms with Gasteiger partial charge in [-0.2, -0.15) is 0 Å². The maximum Gasteiger partial charge on any atom is 0.164 e. The Morgan fingerprint density at radius 2 is 1.49 bits per heavy atom. The average molecular weight is 912 g/mol. The van der Waals surface area contributed by atoms with Gasteiger partial charge < -0.3 is 5.11 Å². The van der Waals surface area contributed by atoms with Gasteiger partial charge in [-0.1, -0.05) is 98.9 Å². The largest absolute Gasteiger partial charge is 0.512 e. The van der Waals surface area contributed by atoms with Gasteiger partial charge in [-0.3, -0.25) is 9.78 Å². The Kier molecular flexibility index (Phi) is 14.9. The van der Waals surface area contributed by atoms with Crippen molar-refractivity contribution in [3.8, 4) is 21.7 Å². The number of aryl methyl sites for hydroxylation is 3. The Hall–Kier alpha value is -2.66. The van der Waals surface area contributed by atoms with Crippen LogP contribution in [0.2, 0.25) is 0 Å². The van der Waals surface area contributed by atoms with Crippen molar-refractivity contribution in [2.24, 2.45) is 16.2 Å². The van der Waals surface area contributed by atoms with Crippen LogP contribution in [0.5, 0.6) is 0 Å². The van der Waals surface area contributed by atoms with E-state index < -0.39 is 0 Å². The molecule has 289 valence electrons. The normalized spacial score (nSPS) is 16.6. The number of hydrogen-bond acceptors (Lipinski definition) is 5. The van der Waals surface area contributed by atoms with Crippen LogP contribution in [0, 0.1) is 43.1 Å². The molecule has 2 aliphatic rings. The second kappa shape index (κ2) is 18.3. The van der Waals surface area contributed by atoms with Gasteiger partial charge >= 0.3 is 0 Å². The van der Waals surface area contributed by atoms with Crippen molar-refractivity contribution in [2.75, 3.05) is 0 Å². The average Bonchev–Trinajstić information content (AvgIpc) is 3.50. The number of nitrogens with zero attached hydrogens (tertiary/aromatic N) is 2. The zero-order valence-electron chi connectivity index (χ0n) is 33.9. The Balaban J connectivity index is 0.000000299.